The number of thioether (sulfide) groups is 3. The van der Waals surface area contributed by atoms with Crippen LogP contribution in [0.1, 0.15) is 93.9 Å². The fraction of sp³-hybridized carbons (Fsp3) is 0.656. The number of nitrogens with two attached hydrogens (primary N) is 1. The van der Waals surface area contributed by atoms with Gasteiger partial charge in [-0.05, 0) is 67.7 Å². The maximum absolute atomic E-state index is 14.8. The first kappa shape index (κ1) is 86.2. The van der Waals surface area contributed by atoms with E-state index in [1.165, 1.54) is 52.0 Å². The third kappa shape index (κ3) is 29.5. The molecule has 33 nitrogen and oxygen atoms in total. The molecule has 11 atom stereocenters. The SMILES string of the molecule is CCCCNC(=O)N[C@H]1CSCc2cc(CSCCNC(=O)CCP(=O)(O)CN3CCN(CP(=O)(O)CO)CCN(CP(=O)(O)CO)CC3)cc(c2)CSCC(C(=O)O)NC(=O)[C@H](Cc2ccccc2)NC(=O)[C@H](CCC(N)=O)NC(=O)[C@H]([C@@H](C)O)NC(=O)[C@@H]2CCCN2C(=O)[C@@H]2CCCN2C1=O. The maximum atomic E-state index is 14.8. The van der Waals surface area contributed by atoms with Crippen LogP contribution < -0.4 is 43.0 Å². The van der Waals surface area contributed by atoms with Crippen LogP contribution in [0.2, 0.25) is 0 Å². The van der Waals surface area contributed by atoms with Crippen LogP contribution in [0.15, 0.2) is 48.5 Å². The third-order valence-electron chi connectivity index (χ3n) is 17.6. The van der Waals surface area contributed by atoms with Gasteiger partial charge in [-0.15, -0.1) is 0 Å². The van der Waals surface area contributed by atoms with Crippen LogP contribution in [0, 0.1) is 0 Å². The summed E-state index contributed by atoms with van der Waals surface area (Å²) < 4.78 is 38.6. The van der Waals surface area contributed by atoms with Gasteiger partial charge in [0.2, 0.25) is 69.4 Å². The summed E-state index contributed by atoms with van der Waals surface area (Å²) in [5.41, 5.74) is 8.39. The molecule has 2 aromatic rings. The molecule has 6 rings (SSSR count). The average molecular weight is 1560 g/mol. The Bertz CT molecular complexity index is 3340. The van der Waals surface area contributed by atoms with E-state index in [0.717, 1.165) is 23.1 Å². The number of primary amides is 1. The van der Waals surface area contributed by atoms with Gasteiger partial charge in [-0.3, -0.25) is 66.8 Å². The van der Waals surface area contributed by atoms with Crippen LogP contribution in [0.4, 0.5) is 4.79 Å². The molecule has 2 bridgehead atoms. The Kier molecular flexibility index (Phi) is 35.7. The van der Waals surface area contributed by atoms with Crippen molar-refractivity contribution in [3.8, 4) is 0 Å². The second-order valence-corrected chi connectivity index (χ2v) is 36.4. The molecule has 16 N–H and O–H groups in total. The summed E-state index contributed by atoms with van der Waals surface area (Å²) in [4.78, 5) is 178. The number of aliphatic carboxylic acids is 1. The number of unbranched alkanes of at least 4 members (excludes halogenated alkanes) is 1. The van der Waals surface area contributed by atoms with E-state index in [9.17, 15) is 96.7 Å². The van der Waals surface area contributed by atoms with Gasteiger partial charge in [0, 0.05) is 125 Å². The molecule has 3 fully saturated rings. The molecule has 0 spiro atoms. The van der Waals surface area contributed by atoms with E-state index < -0.39 is 155 Å². The molecule has 0 saturated carbocycles. The average Bonchev–Trinajstić information content (AvgIpc) is 1.70. The minimum atomic E-state index is -4.02. The van der Waals surface area contributed by atoms with Crippen LogP contribution >= 0.6 is 57.4 Å². The topological polar surface area (TPSA) is 490 Å². The predicted molar refractivity (Wildman–Crippen MR) is 391 cm³/mol. The van der Waals surface area contributed by atoms with E-state index in [4.69, 9.17) is 5.73 Å². The Morgan fingerprint density at radius 3 is 1.78 bits per heavy atom. The fourth-order valence-electron chi connectivity index (χ4n) is 12.2. The zero-order valence-electron chi connectivity index (χ0n) is 58.2. The van der Waals surface area contributed by atoms with Crippen molar-refractivity contribution < 1.29 is 96.7 Å². The highest BCUT2D eigenvalue weighted by Gasteiger charge is 2.45. The van der Waals surface area contributed by atoms with E-state index in [1.54, 1.807) is 45.0 Å². The number of hydrogen-bond acceptors (Lipinski definition) is 22. The molecule has 4 heterocycles. The number of carbonyl (C=O) groups is 10. The number of nitrogens with zero attached hydrogens (tertiary/aromatic N) is 5. The van der Waals surface area contributed by atoms with Gasteiger partial charge in [-0.25, -0.2) is 9.59 Å². The number of carboxylic acid groups (broad SMARTS) is 1. The van der Waals surface area contributed by atoms with Crippen molar-refractivity contribution in [3.05, 3.63) is 70.8 Å². The molecule has 4 aliphatic rings. The van der Waals surface area contributed by atoms with Crippen LogP contribution in [0.3, 0.4) is 0 Å². The zero-order chi connectivity index (χ0) is 75.4. The van der Waals surface area contributed by atoms with Crippen molar-refractivity contribution in [2.24, 2.45) is 5.73 Å². The lowest BCUT2D eigenvalue weighted by Crippen LogP contribution is -2.61. The minimum Gasteiger partial charge on any atom is -0.480 e. The van der Waals surface area contributed by atoms with Gasteiger partial charge in [0.1, 0.15) is 55.0 Å². The number of hydrogen-bond donors (Lipinski definition) is 15. The third-order valence-corrected chi connectivity index (χ3v) is 25.2. The molecule has 4 aliphatic heterocycles. The number of amides is 10. The molecule has 39 heteroatoms. The van der Waals surface area contributed by atoms with Gasteiger partial charge in [0.15, 0.2) is 0 Å². The number of urea groups is 1. The predicted octanol–water partition coefficient (Wildman–Crippen LogP) is -0.228. The summed E-state index contributed by atoms with van der Waals surface area (Å²) in [6.45, 7) is 4.91. The van der Waals surface area contributed by atoms with E-state index in [0.29, 0.717) is 42.9 Å². The molecule has 3 saturated heterocycles. The molecule has 4 unspecified atom stereocenters. The Balaban J connectivity index is 1.22. The fourth-order valence-corrected chi connectivity index (χ4v) is 18.5. The quantitative estimate of drug-likeness (QED) is 0.0406. The van der Waals surface area contributed by atoms with E-state index in [1.807, 2.05) is 25.1 Å². The van der Waals surface area contributed by atoms with Crippen molar-refractivity contribution in [2.75, 3.05) is 120 Å². The maximum Gasteiger partial charge on any atom is 0.327 e. The first-order valence-corrected chi connectivity index (χ1v) is 44.0. The second kappa shape index (κ2) is 42.6. The number of aliphatic hydroxyl groups excluding tert-OH is 3. The van der Waals surface area contributed by atoms with Crippen molar-refractivity contribution in [2.45, 2.75) is 144 Å². The monoisotopic (exact) mass is 1560 g/mol. The lowest BCUT2D eigenvalue weighted by atomic mass is 10.0. The molecule has 10 amide bonds. The Labute approximate surface area is 612 Å². The van der Waals surface area contributed by atoms with Gasteiger partial charge < -0.3 is 87.9 Å². The summed E-state index contributed by atoms with van der Waals surface area (Å²) >= 11 is 3.96. The molecular weight excluding hydrogens is 1460 g/mol. The zero-order valence-corrected chi connectivity index (χ0v) is 63.3. The van der Waals surface area contributed by atoms with Gasteiger partial charge in [0.05, 0.1) is 25.0 Å². The van der Waals surface area contributed by atoms with Crippen molar-refractivity contribution in [3.63, 3.8) is 0 Å². The largest absolute Gasteiger partial charge is 0.480 e. The number of aliphatic hydroxyl groups is 3. The Hall–Kier alpha value is -5.68. The highest BCUT2D eigenvalue weighted by atomic mass is 32.2. The normalized spacial score (nSPS) is 24.6. The molecular formula is C64H102N13O20P3S3. The van der Waals surface area contributed by atoms with E-state index in [2.05, 4.69) is 37.2 Å². The number of carbonyl (C=O) groups excluding carboxylic acids is 9. The second-order valence-electron chi connectivity index (χ2n) is 26.3. The summed E-state index contributed by atoms with van der Waals surface area (Å²) in [6, 6.07) is 3.97. The number of nitrogens with one attached hydrogen (secondary N) is 7. The van der Waals surface area contributed by atoms with Gasteiger partial charge in [-0.1, -0.05) is 61.9 Å². The molecule has 576 valence electrons. The molecule has 0 aliphatic carbocycles. The smallest absolute Gasteiger partial charge is 0.327 e. The highest BCUT2D eigenvalue weighted by Crippen LogP contribution is 2.43. The summed E-state index contributed by atoms with van der Waals surface area (Å²) in [6.07, 6.45) is -3.73. The molecule has 103 heavy (non-hydrogen) atoms. The first-order valence-electron chi connectivity index (χ1n) is 34.4. The number of carboxylic acids is 1. The van der Waals surface area contributed by atoms with Gasteiger partial charge in [-0.2, -0.15) is 35.3 Å². The van der Waals surface area contributed by atoms with Gasteiger partial charge >= 0.3 is 12.0 Å². The summed E-state index contributed by atoms with van der Waals surface area (Å²) in [5, 5.41) is 59.1. The number of rotatable bonds is 27. The molecule has 0 aromatic heterocycles. The summed E-state index contributed by atoms with van der Waals surface area (Å²) in [7, 11) is -12.0. The van der Waals surface area contributed by atoms with E-state index >= 15 is 0 Å². The highest BCUT2D eigenvalue weighted by molar-refractivity contribution is 7.99. The molecule has 2 aromatic carbocycles. The van der Waals surface area contributed by atoms with Crippen LogP contribution in [-0.2, 0) is 80.5 Å². The molecule has 0 radical (unpaired) electrons. The van der Waals surface area contributed by atoms with Crippen LogP contribution in [0.5, 0.6) is 0 Å². The van der Waals surface area contributed by atoms with Crippen molar-refractivity contribution in [1.29, 1.82) is 0 Å². The lowest BCUT2D eigenvalue weighted by molar-refractivity contribution is -0.147. The van der Waals surface area contributed by atoms with Crippen molar-refractivity contribution in [1.82, 2.24) is 61.7 Å². The first-order chi connectivity index (χ1) is 48.9. The van der Waals surface area contributed by atoms with Crippen LogP contribution in [-0.4, -0.2) is 288 Å². The lowest BCUT2D eigenvalue weighted by Gasteiger charge is -2.33. The standard InChI is InChI=1S/C64H102N13O20P3S3/c1-3-4-17-67-64(91)71-50-36-102-34-46-29-45(33-101-28-18-66-55(82)16-27-98(92,93)38-73-21-23-74(39-99(94,95)41-78)25-26-75(24-22-73)40-100(96,97)42-79)30-47(31-46)35-103-37-51(63(89)90)70-58(84)49(32-44-10-6-5-7-11-44)69-57(83)48(14-15-54(65)81)68-60(86)56(43(2)80)72-59(85)52-12-8-19-76(52)62(88)53-13-9-20-77(53)61(50)87/h5-7,10-11,29-31,43,48-53,56,78-80H,3-4,8-9,12-28,32-42H2,1-2H3,(H2,65,81)(H,66,82)(H,68,86)(H,69,83)(H,70,84)(H,72,85)(H,89,90)(H,92,93)(H,94,95)(H,96,97)(H2,67,71,91)/t43-,48+,49+,50+,51?,52+,53+,56+/m1/s1. The minimum absolute atomic E-state index is 0.0410. The van der Waals surface area contributed by atoms with Crippen molar-refractivity contribution >= 4 is 117 Å². The van der Waals surface area contributed by atoms with Gasteiger partial charge in [0.25, 0.3) is 0 Å². The number of benzene rings is 2. The number of fused-ring (bicyclic) bond motifs is 4. The van der Waals surface area contributed by atoms with E-state index in [-0.39, 0.29) is 133 Å². The van der Waals surface area contributed by atoms with Crippen LogP contribution in [0.25, 0.3) is 0 Å². The Morgan fingerprint density at radius 1 is 0.660 bits per heavy atom. The summed E-state index contributed by atoms with van der Waals surface area (Å²) in [5.74, 6) is -6.44. The Morgan fingerprint density at radius 2 is 1.21 bits per heavy atom.